The molecule has 0 saturated heterocycles. The Morgan fingerprint density at radius 1 is 1.31 bits per heavy atom. The lowest BCUT2D eigenvalue weighted by atomic mass is 10.3. The molecule has 0 atom stereocenters. The molecule has 2 N–H and O–H groups in total. The number of hydrogen-bond acceptors (Lipinski definition) is 7. The number of rotatable bonds is 6. The number of thiazole rings is 1. The number of aromatic nitrogens is 5. The number of nitrogen functional groups attached to an aromatic ring is 1. The van der Waals surface area contributed by atoms with E-state index in [2.05, 4.69) is 31.1 Å². The predicted molar refractivity (Wildman–Crippen MR) is 108 cm³/mol. The Morgan fingerprint density at radius 3 is 3.00 bits per heavy atom. The highest BCUT2D eigenvalue weighted by molar-refractivity contribution is 8.01. The minimum absolute atomic E-state index is 0.381. The summed E-state index contributed by atoms with van der Waals surface area (Å²) in [6.07, 6.45) is 5.24. The molecular formula is C17H15ClN6S2. The average molecular weight is 403 g/mol. The zero-order valence-electron chi connectivity index (χ0n) is 13.7. The maximum absolute atomic E-state index is 6.27. The first-order chi connectivity index (χ1) is 12.7. The number of anilines is 1. The second kappa shape index (κ2) is 7.22. The van der Waals surface area contributed by atoms with Crippen LogP contribution in [0.1, 0.15) is 12.8 Å². The number of fused-ring (bicyclic) bond motifs is 2. The molecule has 0 fully saturated rings. The van der Waals surface area contributed by atoms with Gasteiger partial charge >= 0.3 is 0 Å². The van der Waals surface area contributed by atoms with Gasteiger partial charge in [0.25, 0.3) is 0 Å². The van der Waals surface area contributed by atoms with E-state index >= 15 is 0 Å². The van der Waals surface area contributed by atoms with E-state index < -0.39 is 0 Å². The van der Waals surface area contributed by atoms with E-state index in [1.807, 2.05) is 24.3 Å². The topological polar surface area (TPSA) is 82.5 Å². The SMILES string of the molecule is C=CCCCn1c(Sc2nc3cccc(Cl)c3s2)nc2c(N)ncnc21. The minimum atomic E-state index is 0.381. The summed E-state index contributed by atoms with van der Waals surface area (Å²) >= 11 is 9.32. The summed E-state index contributed by atoms with van der Waals surface area (Å²) in [5.74, 6) is 0.381. The van der Waals surface area contributed by atoms with E-state index in [4.69, 9.17) is 17.3 Å². The number of nitrogens with two attached hydrogens (primary N) is 1. The van der Waals surface area contributed by atoms with Gasteiger partial charge in [-0.25, -0.2) is 19.9 Å². The van der Waals surface area contributed by atoms with Crippen LogP contribution in [0.3, 0.4) is 0 Å². The predicted octanol–water partition coefficient (Wildman–Crippen LogP) is 4.79. The standard InChI is InChI=1S/C17H15ClN6S2/c1-2-3-4-8-24-15-12(14(19)20-9-21-15)23-16(24)26-17-22-11-7-5-6-10(18)13(11)25-17/h2,5-7,9H,1,3-4,8H2,(H2,19,20,21). The Labute approximate surface area is 163 Å². The average Bonchev–Trinajstić information content (AvgIpc) is 3.19. The van der Waals surface area contributed by atoms with Gasteiger partial charge in [-0.3, -0.25) is 0 Å². The summed E-state index contributed by atoms with van der Waals surface area (Å²) in [5, 5.41) is 1.51. The monoisotopic (exact) mass is 402 g/mol. The van der Waals surface area contributed by atoms with Gasteiger partial charge in [-0.2, -0.15) is 0 Å². The molecule has 0 aliphatic heterocycles. The molecule has 3 heterocycles. The maximum Gasteiger partial charge on any atom is 0.177 e. The van der Waals surface area contributed by atoms with Crippen LogP contribution in [-0.2, 0) is 6.54 Å². The van der Waals surface area contributed by atoms with Gasteiger partial charge in [0.2, 0.25) is 0 Å². The van der Waals surface area contributed by atoms with Gasteiger partial charge < -0.3 is 10.3 Å². The van der Waals surface area contributed by atoms with Crippen molar-refractivity contribution < 1.29 is 0 Å². The molecule has 132 valence electrons. The molecule has 0 aliphatic rings. The Kier molecular flexibility index (Phi) is 4.80. The summed E-state index contributed by atoms with van der Waals surface area (Å²) in [6.45, 7) is 4.55. The van der Waals surface area contributed by atoms with E-state index in [0.717, 1.165) is 44.7 Å². The highest BCUT2D eigenvalue weighted by Crippen LogP contribution is 2.38. The van der Waals surface area contributed by atoms with Crippen LogP contribution in [0.25, 0.3) is 21.4 Å². The van der Waals surface area contributed by atoms with E-state index in [0.29, 0.717) is 16.4 Å². The fraction of sp³-hybridized carbons (Fsp3) is 0.176. The van der Waals surface area contributed by atoms with Gasteiger partial charge in [-0.1, -0.05) is 23.7 Å². The Balaban J connectivity index is 1.76. The van der Waals surface area contributed by atoms with Gasteiger partial charge in [0, 0.05) is 6.54 Å². The van der Waals surface area contributed by atoms with Crippen LogP contribution >= 0.6 is 34.7 Å². The molecule has 4 aromatic rings. The van der Waals surface area contributed by atoms with E-state index in [-0.39, 0.29) is 0 Å². The normalized spacial score (nSPS) is 11.4. The molecule has 0 bridgehead atoms. The van der Waals surface area contributed by atoms with Crippen LogP contribution in [0.15, 0.2) is 46.7 Å². The van der Waals surface area contributed by atoms with E-state index in [1.54, 1.807) is 11.3 Å². The maximum atomic E-state index is 6.27. The van der Waals surface area contributed by atoms with Crippen molar-refractivity contribution in [3.05, 3.63) is 42.2 Å². The van der Waals surface area contributed by atoms with Gasteiger partial charge in [-0.05, 0) is 36.7 Å². The number of halogens is 1. The molecule has 3 aromatic heterocycles. The molecule has 4 rings (SSSR count). The Hall–Kier alpha value is -2.16. The van der Waals surface area contributed by atoms with Gasteiger partial charge in [-0.15, -0.1) is 17.9 Å². The minimum Gasteiger partial charge on any atom is -0.382 e. The van der Waals surface area contributed by atoms with Crippen molar-refractivity contribution in [3.63, 3.8) is 0 Å². The van der Waals surface area contributed by atoms with Crippen molar-refractivity contribution in [2.24, 2.45) is 0 Å². The second-order valence-electron chi connectivity index (χ2n) is 5.58. The third kappa shape index (κ3) is 3.15. The first-order valence-electron chi connectivity index (χ1n) is 7.98. The van der Waals surface area contributed by atoms with Gasteiger partial charge in [0.05, 0.1) is 15.2 Å². The van der Waals surface area contributed by atoms with Crippen LogP contribution < -0.4 is 5.73 Å². The zero-order valence-corrected chi connectivity index (χ0v) is 16.1. The zero-order chi connectivity index (χ0) is 18.1. The smallest absolute Gasteiger partial charge is 0.177 e. The van der Waals surface area contributed by atoms with E-state index in [1.165, 1.54) is 18.1 Å². The van der Waals surface area contributed by atoms with Crippen LogP contribution in [0.4, 0.5) is 5.82 Å². The number of aryl methyl sites for hydroxylation is 1. The fourth-order valence-corrected chi connectivity index (χ4v) is 4.98. The second-order valence-corrected chi connectivity index (χ2v) is 8.20. The molecule has 6 nitrogen and oxygen atoms in total. The number of nitrogens with zero attached hydrogens (tertiary/aromatic N) is 5. The summed E-state index contributed by atoms with van der Waals surface area (Å²) < 4.78 is 3.92. The highest BCUT2D eigenvalue weighted by Gasteiger charge is 2.17. The number of hydrogen-bond donors (Lipinski definition) is 1. The number of allylic oxidation sites excluding steroid dienone is 1. The molecule has 0 radical (unpaired) electrons. The number of imidazole rings is 1. The Bertz CT molecular complexity index is 1100. The third-order valence-corrected chi connectivity index (χ3v) is 6.43. The van der Waals surface area contributed by atoms with Crippen molar-refractivity contribution in [1.82, 2.24) is 24.5 Å². The lowest BCUT2D eigenvalue weighted by Crippen LogP contribution is -2.01. The Morgan fingerprint density at radius 2 is 2.19 bits per heavy atom. The fourth-order valence-electron chi connectivity index (χ4n) is 2.62. The first-order valence-corrected chi connectivity index (χ1v) is 9.99. The molecule has 9 heteroatoms. The van der Waals surface area contributed by atoms with Crippen molar-refractivity contribution in [3.8, 4) is 0 Å². The number of benzene rings is 1. The van der Waals surface area contributed by atoms with Gasteiger partial charge in [0.1, 0.15) is 6.33 Å². The van der Waals surface area contributed by atoms with Crippen LogP contribution in [0.5, 0.6) is 0 Å². The van der Waals surface area contributed by atoms with Gasteiger partial charge in [0.15, 0.2) is 26.5 Å². The summed E-state index contributed by atoms with van der Waals surface area (Å²) in [4.78, 5) is 17.7. The van der Waals surface area contributed by atoms with Crippen LogP contribution in [-0.4, -0.2) is 24.5 Å². The molecule has 0 aliphatic carbocycles. The summed E-state index contributed by atoms with van der Waals surface area (Å²) in [5.41, 5.74) is 8.23. The van der Waals surface area contributed by atoms with Crippen molar-refractivity contribution in [2.75, 3.05) is 5.73 Å². The molecule has 0 saturated carbocycles. The summed E-state index contributed by atoms with van der Waals surface area (Å²) in [6, 6.07) is 5.73. The molecule has 1 aromatic carbocycles. The first kappa shape index (κ1) is 17.3. The molecule has 26 heavy (non-hydrogen) atoms. The van der Waals surface area contributed by atoms with Crippen molar-refractivity contribution in [2.45, 2.75) is 28.9 Å². The quantitative estimate of drug-likeness (QED) is 0.369. The molecular weight excluding hydrogens is 388 g/mol. The van der Waals surface area contributed by atoms with Crippen molar-refractivity contribution >= 4 is 61.9 Å². The van der Waals surface area contributed by atoms with Crippen LogP contribution in [0.2, 0.25) is 5.02 Å². The largest absolute Gasteiger partial charge is 0.382 e. The third-order valence-electron chi connectivity index (χ3n) is 3.84. The molecule has 0 amide bonds. The number of unbranched alkanes of at least 4 members (excludes halogenated alkanes) is 1. The molecule has 0 spiro atoms. The van der Waals surface area contributed by atoms with Crippen molar-refractivity contribution in [1.29, 1.82) is 0 Å². The lowest BCUT2D eigenvalue weighted by Gasteiger charge is -2.06. The lowest BCUT2D eigenvalue weighted by molar-refractivity contribution is 0.612. The van der Waals surface area contributed by atoms with E-state index in [9.17, 15) is 0 Å². The highest BCUT2D eigenvalue weighted by atomic mass is 35.5. The molecule has 0 unspecified atom stereocenters. The van der Waals surface area contributed by atoms with Crippen LogP contribution in [0, 0.1) is 0 Å². The summed E-state index contributed by atoms with van der Waals surface area (Å²) in [7, 11) is 0.